The van der Waals surface area contributed by atoms with Crippen molar-refractivity contribution >= 4 is 23.7 Å². The predicted octanol–water partition coefficient (Wildman–Crippen LogP) is 3.56. The number of imidazole rings is 1. The van der Waals surface area contributed by atoms with E-state index in [1.807, 2.05) is 12.1 Å². The molecule has 2 aromatic rings. The van der Waals surface area contributed by atoms with Crippen LogP contribution in [0, 0.1) is 5.92 Å². The van der Waals surface area contributed by atoms with Crippen molar-refractivity contribution in [2.75, 3.05) is 12.9 Å². The van der Waals surface area contributed by atoms with Gasteiger partial charge in [0.25, 0.3) is 0 Å². The molecule has 0 radical (unpaired) electrons. The van der Waals surface area contributed by atoms with E-state index >= 15 is 0 Å². The zero-order chi connectivity index (χ0) is 13.8. The monoisotopic (exact) mass is 278 g/mol. The van der Waals surface area contributed by atoms with Crippen LogP contribution in [0.25, 0.3) is 11.0 Å². The molecule has 0 aliphatic heterocycles. The summed E-state index contributed by atoms with van der Waals surface area (Å²) >= 11 is 4.33. The van der Waals surface area contributed by atoms with Crippen LogP contribution in [0.4, 0.5) is 0 Å². The van der Waals surface area contributed by atoms with Gasteiger partial charge in [-0.05, 0) is 30.2 Å². The van der Waals surface area contributed by atoms with E-state index in [0.717, 1.165) is 42.2 Å². The van der Waals surface area contributed by atoms with E-state index in [2.05, 4.69) is 37.1 Å². The molecule has 0 bridgehead atoms. The number of hydrogen-bond acceptors (Lipinski definition) is 3. The molecular formula is C15H22N2OS. The summed E-state index contributed by atoms with van der Waals surface area (Å²) in [4.78, 5) is 4.72. The van der Waals surface area contributed by atoms with E-state index in [0.29, 0.717) is 5.92 Å². The first-order valence-corrected chi connectivity index (χ1v) is 7.43. The molecule has 0 aliphatic rings. The largest absolute Gasteiger partial charge is 0.497 e. The fraction of sp³-hybridized carbons (Fsp3) is 0.533. The number of ether oxygens (including phenoxy) is 1. The van der Waals surface area contributed by atoms with Crippen molar-refractivity contribution in [1.82, 2.24) is 9.55 Å². The maximum Gasteiger partial charge on any atom is 0.121 e. The molecule has 0 saturated carbocycles. The average Bonchev–Trinajstić information content (AvgIpc) is 2.73. The second kappa shape index (κ2) is 6.33. The first-order valence-electron chi connectivity index (χ1n) is 6.79. The van der Waals surface area contributed by atoms with Crippen molar-refractivity contribution in [2.24, 2.45) is 5.92 Å². The van der Waals surface area contributed by atoms with Crippen molar-refractivity contribution in [3.63, 3.8) is 0 Å². The number of aromatic nitrogens is 2. The van der Waals surface area contributed by atoms with Crippen LogP contribution < -0.4 is 4.74 Å². The summed E-state index contributed by atoms with van der Waals surface area (Å²) in [6.45, 7) is 5.52. The number of hydrogen-bond donors (Lipinski definition) is 1. The Morgan fingerprint density at radius 1 is 1.37 bits per heavy atom. The normalized spacial score (nSPS) is 11.4. The zero-order valence-electron chi connectivity index (χ0n) is 11.9. The Labute approximate surface area is 120 Å². The Bertz CT molecular complexity index is 548. The Morgan fingerprint density at radius 2 is 2.16 bits per heavy atom. The van der Waals surface area contributed by atoms with Crippen LogP contribution in [0.2, 0.25) is 0 Å². The molecule has 104 valence electrons. The lowest BCUT2D eigenvalue weighted by Gasteiger charge is -2.10. The molecule has 0 atom stereocenters. The topological polar surface area (TPSA) is 27.1 Å². The molecule has 1 aromatic carbocycles. The lowest BCUT2D eigenvalue weighted by molar-refractivity contribution is 0.415. The second-order valence-corrected chi connectivity index (χ2v) is 5.64. The van der Waals surface area contributed by atoms with Gasteiger partial charge in [0, 0.05) is 19.0 Å². The Hall–Kier alpha value is -1.16. The number of nitrogens with zero attached hydrogens (tertiary/aromatic N) is 2. The quantitative estimate of drug-likeness (QED) is 0.818. The molecule has 1 heterocycles. The summed E-state index contributed by atoms with van der Waals surface area (Å²) in [5.41, 5.74) is 2.21. The van der Waals surface area contributed by atoms with Crippen molar-refractivity contribution < 1.29 is 4.74 Å². The molecule has 2 rings (SSSR count). The maximum absolute atomic E-state index is 5.27. The van der Waals surface area contributed by atoms with Crippen LogP contribution in [0.5, 0.6) is 5.75 Å². The van der Waals surface area contributed by atoms with Crippen molar-refractivity contribution in [2.45, 2.75) is 33.2 Å². The van der Waals surface area contributed by atoms with Crippen molar-refractivity contribution in [1.29, 1.82) is 0 Å². The van der Waals surface area contributed by atoms with Gasteiger partial charge in [0.1, 0.15) is 11.6 Å². The zero-order valence-corrected chi connectivity index (χ0v) is 12.8. The van der Waals surface area contributed by atoms with E-state index in [4.69, 9.17) is 9.72 Å². The molecule has 0 amide bonds. The van der Waals surface area contributed by atoms with Crippen LogP contribution in [0.3, 0.4) is 0 Å². The summed E-state index contributed by atoms with van der Waals surface area (Å²) < 4.78 is 7.59. The molecule has 4 heteroatoms. The third-order valence-corrected chi connectivity index (χ3v) is 3.52. The number of rotatable bonds is 6. The molecule has 0 fully saturated rings. The number of fused-ring (bicyclic) bond motifs is 1. The molecule has 3 nitrogen and oxygen atoms in total. The minimum absolute atomic E-state index is 0.694. The second-order valence-electron chi connectivity index (χ2n) is 5.19. The predicted molar refractivity (Wildman–Crippen MR) is 83.3 cm³/mol. The van der Waals surface area contributed by atoms with Crippen LogP contribution in [-0.2, 0) is 13.0 Å². The highest BCUT2D eigenvalue weighted by molar-refractivity contribution is 7.80. The first-order chi connectivity index (χ1) is 9.15. The SMILES string of the molecule is COc1ccc2c(c1)nc(CCS)n2CCC(C)C. The first kappa shape index (κ1) is 14.3. The van der Waals surface area contributed by atoms with E-state index in [-0.39, 0.29) is 0 Å². The molecule has 0 spiro atoms. The molecule has 1 aromatic heterocycles. The van der Waals surface area contributed by atoms with Gasteiger partial charge in [-0.2, -0.15) is 12.6 Å². The fourth-order valence-corrected chi connectivity index (χ4v) is 2.41. The van der Waals surface area contributed by atoms with Crippen LogP contribution in [0.15, 0.2) is 18.2 Å². The highest BCUT2D eigenvalue weighted by atomic mass is 32.1. The van der Waals surface area contributed by atoms with Crippen molar-refractivity contribution in [3.05, 3.63) is 24.0 Å². The highest BCUT2D eigenvalue weighted by Crippen LogP contribution is 2.23. The van der Waals surface area contributed by atoms with Gasteiger partial charge in [0.05, 0.1) is 18.1 Å². The van der Waals surface area contributed by atoms with Gasteiger partial charge in [0.15, 0.2) is 0 Å². The van der Waals surface area contributed by atoms with Gasteiger partial charge in [-0.15, -0.1) is 0 Å². The number of methoxy groups -OCH3 is 1. The van der Waals surface area contributed by atoms with Crippen LogP contribution >= 0.6 is 12.6 Å². The molecule has 19 heavy (non-hydrogen) atoms. The summed E-state index contributed by atoms with van der Waals surface area (Å²) in [6.07, 6.45) is 2.06. The summed E-state index contributed by atoms with van der Waals surface area (Å²) in [7, 11) is 1.69. The number of thiol groups is 1. The third-order valence-electron chi connectivity index (χ3n) is 3.30. The van der Waals surface area contributed by atoms with Crippen LogP contribution in [-0.4, -0.2) is 22.4 Å². The van der Waals surface area contributed by atoms with E-state index in [1.165, 1.54) is 5.52 Å². The highest BCUT2D eigenvalue weighted by Gasteiger charge is 2.11. The molecular weight excluding hydrogens is 256 g/mol. The molecule has 0 N–H and O–H groups in total. The number of aryl methyl sites for hydroxylation is 2. The summed E-state index contributed by atoms with van der Waals surface area (Å²) in [5.74, 6) is 3.50. The van der Waals surface area contributed by atoms with Gasteiger partial charge < -0.3 is 9.30 Å². The van der Waals surface area contributed by atoms with Gasteiger partial charge in [0.2, 0.25) is 0 Å². The Balaban J connectivity index is 2.41. The summed E-state index contributed by atoms with van der Waals surface area (Å²) in [6, 6.07) is 6.10. The third kappa shape index (κ3) is 3.24. The van der Waals surface area contributed by atoms with Gasteiger partial charge >= 0.3 is 0 Å². The lowest BCUT2D eigenvalue weighted by Crippen LogP contribution is -2.06. The molecule has 0 saturated heterocycles. The standard InChI is InChI=1S/C15H22N2OS/c1-11(2)6-8-17-14-5-4-12(18-3)10-13(14)16-15(17)7-9-19/h4-5,10-11,19H,6-9H2,1-3H3. The van der Waals surface area contributed by atoms with Gasteiger partial charge in [-0.25, -0.2) is 4.98 Å². The average molecular weight is 278 g/mol. The molecule has 0 aliphatic carbocycles. The minimum atomic E-state index is 0.694. The van der Waals surface area contributed by atoms with Crippen molar-refractivity contribution in [3.8, 4) is 5.75 Å². The summed E-state index contributed by atoms with van der Waals surface area (Å²) in [5, 5.41) is 0. The molecule has 0 unspecified atom stereocenters. The Morgan fingerprint density at radius 3 is 2.79 bits per heavy atom. The minimum Gasteiger partial charge on any atom is -0.497 e. The maximum atomic E-state index is 5.27. The van der Waals surface area contributed by atoms with E-state index in [9.17, 15) is 0 Å². The van der Waals surface area contributed by atoms with Crippen LogP contribution in [0.1, 0.15) is 26.1 Å². The Kier molecular flexibility index (Phi) is 4.75. The lowest BCUT2D eigenvalue weighted by atomic mass is 10.1. The van der Waals surface area contributed by atoms with E-state index in [1.54, 1.807) is 7.11 Å². The fourth-order valence-electron chi connectivity index (χ4n) is 2.21. The van der Waals surface area contributed by atoms with Gasteiger partial charge in [-0.3, -0.25) is 0 Å². The smallest absolute Gasteiger partial charge is 0.121 e. The van der Waals surface area contributed by atoms with Gasteiger partial charge in [-0.1, -0.05) is 13.8 Å². The van der Waals surface area contributed by atoms with E-state index < -0.39 is 0 Å². The number of benzene rings is 1.